The Hall–Kier alpha value is -3.53. The summed E-state index contributed by atoms with van der Waals surface area (Å²) >= 11 is 0. The molecule has 4 nitrogen and oxygen atoms in total. The maximum absolute atomic E-state index is 13.0. The van der Waals surface area contributed by atoms with Crippen LogP contribution < -0.4 is 10.9 Å². The molecule has 0 bridgehead atoms. The lowest BCUT2D eigenvalue weighted by Crippen LogP contribution is -2.39. The summed E-state index contributed by atoms with van der Waals surface area (Å²) in [6.45, 7) is 1.88. The molecule has 136 valence electrons. The van der Waals surface area contributed by atoms with Crippen LogP contribution in [0.5, 0.6) is 5.75 Å². The van der Waals surface area contributed by atoms with E-state index in [4.69, 9.17) is 0 Å². The maximum Gasteiger partial charge on any atom is 0.250 e. The van der Waals surface area contributed by atoms with Crippen molar-refractivity contribution in [2.45, 2.75) is 12.8 Å². The summed E-state index contributed by atoms with van der Waals surface area (Å²) < 4.78 is 0. The molecule has 3 rings (SSSR count). The van der Waals surface area contributed by atoms with Crippen molar-refractivity contribution in [2.24, 2.45) is 0 Å². The van der Waals surface area contributed by atoms with Crippen molar-refractivity contribution in [1.82, 2.24) is 10.9 Å². The van der Waals surface area contributed by atoms with Crippen LogP contribution in [-0.2, 0) is 4.79 Å². The van der Waals surface area contributed by atoms with Crippen LogP contribution in [0, 0.1) is 0 Å². The van der Waals surface area contributed by atoms with Crippen molar-refractivity contribution >= 4 is 11.6 Å². The van der Waals surface area contributed by atoms with Gasteiger partial charge in [0.05, 0.1) is 11.6 Å². The van der Waals surface area contributed by atoms with Crippen LogP contribution in [0.3, 0.4) is 0 Å². The summed E-state index contributed by atoms with van der Waals surface area (Å²) in [6.07, 6.45) is 1.87. The van der Waals surface area contributed by atoms with Crippen LogP contribution in [0.15, 0.2) is 91.0 Å². The standard InChI is InChI=1S/C23H22N2O2/c1-2-21(17-13-15-20(26)16-14-17)24-25-23(27)22(18-9-5-3-6-10-18)19-11-7-4-8-12-19/h2-16,22,24,26H,1H3,(H,25,27). The Morgan fingerprint density at radius 2 is 1.33 bits per heavy atom. The summed E-state index contributed by atoms with van der Waals surface area (Å²) in [5.41, 5.74) is 9.30. The lowest BCUT2D eigenvalue weighted by molar-refractivity contribution is -0.122. The molecule has 0 aliphatic heterocycles. The van der Waals surface area contributed by atoms with Crippen LogP contribution in [0.2, 0.25) is 0 Å². The van der Waals surface area contributed by atoms with Gasteiger partial charge in [0.1, 0.15) is 5.75 Å². The minimum atomic E-state index is -0.419. The fraction of sp³-hybridized carbons (Fsp3) is 0.0870. The number of hydrogen-bond donors (Lipinski definition) is 3. The molecule has 3 aromatic rings. The molecule has 0 heterocycles. The van der Waals surface area contributed by atoms with Crippen molar-refractivity contribution in [3.05, 3.63) is 108 Å². The molecule has 0 fully saturated rings. The van der Waals surface area contributed by atoms with Gasteiger partial charge >= 0.3 is 0 Å². The fourth-order valence-corrected chi connectivity index (χ4v) is 2.94. The highest BCUT2D eigenvalue weighted by molar-refractivity contribution is 5.87. The lowest BCUT2D eigenvalue weighted by atomic mass is 9.91. The number of hydrazine groups is 1. The molecule has 0 aliphatic carbocycles. The first-order chi connectivity index (χ1) is 13.2. The van der Waals surface area contributed by atoms with Crippen LogP contribution in [0.1, 0.15) is 29.5 Å². The van der Waals surface area contributed by atoms with Gasteiger partial charge in [0.2, 0.25) is 5.91 Å². The third-order valence-corrected chi connectivity index (χ3v) is 4.32. The molecule has 3 aromatic carbocycles. The first-order valence-electron chi connectivity index (χ1n) is 8.80. The predicted molar refractivity (Wildman–Crippen MR) is 108 cm³/mol. The van der Waals surface area contributed by atoms with Crippen LogP contribution in [0.4, 0.5) is 0 Å². The van der Waals surface area contributed by atoms with E-state index in [1.807, 2.05) is 73.7 Å². The largest absolute Gasteiger partial charge is 0.508 e. The smallest absolute Gasteiger partial charge is 0.250 e. The van der Waals surface area contributed by atoms with E-state index in [-0.39, 0.29) is 11.7 Å². The molecule has 0 radical (unpaired) electrons. The second-order valence-electron chi connectivity index (χ2n) is 6.12. The highest BCUT2D eigenvalue weighted by Gasteiger charge is 2.22. The first-order valence-corrected chi connectivity index (χ1v) is 8.80. The van der Waals surface area contributed by atoms with E-state index in [1.54, 1.807) is 24.3 Å². The zero-order valence-corrected chi connectivity index (χ0v) is 15.1. The summed E-state index contributed by atoms with van der Waals surface area (Å²) in [5.74, 6) is -0.366. The van der Waals surface area contributed by atoms with Crippen molar-refractivity contribution in [1.29, 1.82) is 0 Å². The quantitative estimate of drug-likeness (QED) is 0.579. The van der Waals surface area contributed by atoms with Gasteiger partial charge in [-0.05, 0) is 47.9 Å². The molecule has 4 heteroatoms. The third-order valence-electron chi connectivity index (χ3n) is 4.32. The number of carbonyl (C=O) groups is 1. The van der Waals surface area contributed by atoms with Crippen molar-refractivity contribution in [3.63, 3.8) is 0 Å². The Balaban J connectivity index is 1.79. The molecule has 0 saturated carbocycles. The Kier molecular flexibility index (Phi) is 5.90. The number of aromatic hydroxyl groups is 1. The van der Waals surface area contributed by atoms with E-state index < -0.39 is 5.92 Å². The number of phenols is 1. The third kappa shape index (κ3) is 4.55. The molecule has 0 spiro atoms. The van der Waals surface area contributed by atoms with Gasteiger partial charge in [-0.2, -0.15) is 0 Å². The van der Waals surface area contributed by atoms with Gasteiger partial charge < -0.3 is 5.11 Å². The minimum absolute atomic E-state index is 0.148. The summed E-state index contributed by atoms with van der Waals surface area (Å²) in [4.78, 5) is 13.0. The Labute approximate surface area is 159 Å². The monoisotopic (exact) mass is 358 g/mol. The maximum atomic E-state index is 13.0. The molecule has 1 amide bonds. The Morgan fingerprint density at radius 3 is 1.81 bits per heavy atom. The number of nitrogens with one attached hydrogen (secondary N) is 2. The van der Waals surface area contributed by atoms with Gasteiger partial charge in [-0.25, -0.2) is 0 Å². The first kappa shape index (κ1) is 18.3. The fourth-order valence-electron chi connectivity index (χ4n) is 2.94. The minimum Gasteiger partial charge on any atom is -0.508 e. The van der Waals surface area contributed by atoms with E-state index in [2.05, 4.69) is 10.9 Å². The second-order valence-corrected chi connectivity index (χ2v) is 6.12. The zero-order chi connectivity index (χ0) is 19.1. The van der Waals surface area contributed by atoms with E-state index in [0.29, 0.717) is 0 Å². The van der Waals surface area contributed by atoms with Crippen molar-refractivity contribution < 1.29 is 9.90 Å². The molecule has 0 atom stereocenters. The molecule has 0 aliphatic rings. The second kappa shape index (κ2) is 8.72. The van der Waals surface area contributed by atoms with Crippen molar-refractivity contribution in [3.8, 4) is 5.75 Å². The number of benzene rings is 3. The van der Waals surface area contributed by atoms with E-state index in [0.717, 1.165) is 22.4 Å². The average Bonchev–Trinajstić information content (AvgIpc) is 2.71. The topological polar surface area (TPSA) is 61.4 Å². The van der Waals surface area contributed by atoms with Gasteiger partial charge in [-0.15, -0.1) is 0 Å². The van der Waals surface area contributed by atoms with Gasteiger partial charge in [0.15, 0.2) is 0 Å². The molecule has 0 unspecified atom stereocenters. The highest BCUT2D eigenvalue weighted by atomic mass is 16.3. The highest BCUT2D eigenvalue weighted by Crippen LogP contribution is 2.24. The summed E-state index contributed by atoms with van der Waals surface area (Å²) in [7, 11) is 0. The SMILES string of the molecule is CC=C(NNC(=O)C(c1ccccc1)c1ccccc1)c1ccc(O)cc1. The normalized spacial score (nSPS) is 11.3. The van der Waals surface area contributed by atoms with E-state index >= 15 is 0 Å². The van der Waals surface area contributed by atoms with Crippen LogP contribution in [-0.4, -0.2) is 11.0 Å². The summed E-state index contributed by atoms with van der Waals surface area (Å²) in [6, 6.07) is 26.2. The molecule has 0 saturated heterocycles. The Bertz CT molecular complexity index is 865. The van der Waals surface area contributed by atoms with Crippen LogP contribution >= 0.6 is 0 Å². The number of phenolic OH excluding ortho intramolecular Hbond substituents is 1. The lowest BCUT2D eigenvalue weighted by Gasteiger charge is -2.19. The van der Waals surface area contributed by atoms with Gasteiger partial charge in [-0.1, -0.05) is 66.7 Å². The van der Waals surface area contributed by atoms with E-state index in [1.165, 1.54) is 0 Å². The molecule has 0 aromatic heterocycles. The van der Waals surface area contributed by atoms with Gasteiger partial charge in [0, 0.05) is 0 Å². The Morgan fingerprint density at radius 1 is 0.815 bits per heavy atom. The van der Waals surface area contributed by atoms with Gasteiger partial charge in [-0.3, -0.25) is 15.6 Å². The molecule has 3 N–H and O–H groups in total. The number of carbonyl (C=O) groups excluding carboxylic acids is 1. The number of rotatable bonds is 6. The van der Waals surface area contributed by atoms with Crippen molar-refractivity contribution in [2.75, 3.05) is 0 Å². The molecule has 27 heavy (non-hydrogen) atoms. The number of allylic oxidation sites excluding steroid dienone is 1. The zero-order valence-electron chi connectivity index (χ0n) is 15.1. The summed E-state index contributed by atoms with van der Waals surface area (Å²) in [5, 5.41) is 9.44. The van der Waals surface area contributed by atoms with Crippen LogP contribution in [0.25, 0.3) is 5.70 Å². The predicted octanol–water partition coefficient (Wildman–Crippen LogP) is 4.21. The number of amides is 1. The molecular formula is C23H22N2O2. The van der Waals surface area contributed by atoms with E-state index in [9.17, 15) is 9.90 Å². The molecular weight excluding hydrogens is 336 g/mol. The van der Waals surface area contributed by atoms with Gasteiger partial charge in [0.25, 0.3) is 0 Å². The number of hydrogen-bond acceptors (Lipinski definition) is 3. The average molecular weight is 358 g/mol.